The normalized spacial score (nSPS) is 17.3. The lowest BCUT2D eigenvalue weighted by Crippen LogP contribution is -2.12. The van der Waals surface area contributed by atoms with Crippen molar-refractivity contribution in [2.75, 3.05) is 0 Å². The van der Waals surface area contributed by atoms with Crippen LogP contribution < -0.4 is 0 Å². The molecule has 0 bridgehead atoms. The largest absolute Gasteiger partial charge is 0.337 e. The SMILES string of the molecule is c1ccc2c(c1)c1ccccc1n2C1CCCCC1. The Kier molecular flexibility index (Phi) is 2.58. The molecule has 0 saturated heterocycles. The predicted octanol–water partition coefficient (Wildman–Crippen LogP) is 5.30. The molecule has 0 spiro atoms. The molecule has 1 saturated carbocycles. The van der Waals surface area contributed by atoms with Crippen molar-refractivity contribution >= 4 is 21.8 Å². The molecule has 19 heavy (non-hydrogen) atoms. The van der Waals surface area contributed by atoms with Crippen molar-refractivity contribution in [2.24, 2.45) is 0 Å². The van der Waals surface area contributed by atoms with E-state index >= 15 is 0 Å². The summed E-state index contributed by atoms with van der Waals surface area (Å²) >= 11 is 0. The molecule has 1 fully saturated rings. The lowest BCUT2D eigenvalue weighted by molar-refractivity contribution is 0.367. The summed E-state index contributed by atoms with van der Waals surface area (Å²) in [6, 6.07) is 18.4. The first-order valence-electron chi connectivity index (χ1n) is 7.43. The second-order valence-corrected chi connectivity index (χ2v) is 5.70. The highest BCUT2D eigenvalue weighted by atomic mass is 15.0. The fourth-order valence-electron chi connectivity index (χ4n) is 3.69. The number of hydrogen-bond acceptors (Lipinski definition) is 0. The van der Waals surface area contributed by atoms with Gasteiger partial charge in [0.1, 0.15) is 0 Å². The third-order valence-corrected chi connectivity index (χ3v) is 4.56. The van der Waals surface area contributed by atoms with Crippen molar-refractivity contribution in [2.45, 2.75) is 38.1 Å². The van der Waals surface area contributed by atoms with Crippen molar-refractivity contribution in [3.63, 3.8) is 0 Å². The van der Waals surface area contributed by atoms with Crippen LogP contribution in [-0.4, -0.2) is 4.57 Å². The average molecular weight is 249 g/mol. The second kappa shape index (κ2) is 4.41. The van der Waals surface area contributed by atoms with Gasteiger partial charge >= 0.3 is 0 Å². The van der Waals surface area contributed by atoms with Gasteiger partial charge in [0.25, 0.3) is 0 Å². The number of para-hydroxylation sites is 2. The molecule has 0 radical (unpaired) electrons. The van der Waals surface area contributed by atoms with Gasteiger partial charge in [-0.1, -0.05) is 55.7 Å². The molecule has 4 rings (SSSR count). The van der Waals surface area contributed by atoms with Crippen molar-refractivity contribution in [3.8, 4) is 0 Å². The summed E-state index contributed by atoms with van der Waals surface area (Å²) in [5, 5.41) is 2.81. The van der Waals surface area contributed by atoms with E-state index in [1.165, 1.54) is 53.9 Å². The summed E-state index contributed by atoms with van der Waals surface area (Å²) in [7, 11) is 0. The Balaban J connectivity index is 2.04. The van der Waals surface area contributed by atoms with E-state index in [0.717, 1.165) is 0 Å². The fourth-order valence-corrected chi connectivity index (χ4v) is 3.69. The third kappa shape index (κ3) is 1.68. The first kappa shape index (κ1) is 11.1. The van der Waals surface area contributed by atoms with Gasteiger partial charge in [-0.25, -0.2) is 0 Å². The third-order valence-electron chi connectivity index (χ3n) is 4.56. The lowest BCUT2D eigenvalue weighted by atomic mass is 9.95. The zero-order chi connectivity index (χ0) is 12.7. The van der Waals surface area contributed by atoms with Crippen molar-refractivity contribution in [3.05, 3.63) is 48.5 Å². The highest BCUT2D eigenvalue weighted by Crippen LogP contribution is 2.37. The summed E-state index contributed by atoms with van der Waals surface area (Å²) in [5.41, 5.74) is 2.83. The highest BCUT2D eigenvalue weighted by molar-refractivity contribution is 6.08. The van der Waals surface area contributed by atoms with Crippen LogP contribution >= 0.6 is 0 Å². The minimum Gasteiger partial charge on any atom is -0.337 e. The quantitative estimate of drug-likeness (QED) is 0.551. The summed E-state index contributed by atoms with van der Waals surface area (Å²) in [4.78, 5) is 0. The molecular weight excluding hydrogens is 230 g/mol. The molecule has 0 N–H and O–H groups in total. The van der Waals surface area contributed by atoms with Crippen LogP contribution in [0.2, 0.25) is 0 Å². The van der Waals surface area contributed by atoms with Crippen LogP contribution in [-0.2, 0) is 0 Å². The minimum absolute atomic E-state index is 0.693. The van der Waals surface area contributed by atoms with Gasteiger partial charge < -0.3 is 4.57 Å². The maximum Gasteiger partial charge on any atom is 0.0493 e. The number of rotatable bonds is 1. The molecule has 1 aliphatic carbocycles. The minimum atomic E-state index is 0.693. The van der Waals surface area contributed by atoms with E-state index in [0.29, 0.717) is 6.04 Å². The van der Waals surface area contributed by atoms with Gasteiger partial charge in [0.15, 0.2) is 0 Å². The Morgan fingerprint density at radius 2 is 1.21 bits per heavy atom. The van der Waals surface area contributed by atoms with Crippen molar-refractivity contribution in [1.82, 2.24) is 4.57 Å². The van der Waals surface area contributed by atoms with Gasteiger partial charge in [0.2, 0.25) is 0 Å². The van der Waals surface area contributed by atoms with Gasteiger partial charge in [-0.15, -0.1) is 0 Å². The number of hydrogen-bond donors (Lipinski definition) is 0. The maximum absolute atomic E-state index is 2.60. The highest BCUT2D eigenvalue weighted by Gasteiger charge is 2.19. The molecule has 1 aromatic heterocycles. The molecule has 1 heteroatoms. The molecule has 2 aromatic carbocycles. The van der Waals surface area contributed by atoms with Gasteiger partial charge in [-0.05, 0) is 25.0 Å². The molecule has 0 amide bonds. The number of benzene rings is 2. The summed E-state index contributed by atoms with van der Waals surface area (Å²) in [6.45, 7) is 0. The summed E-state index contributed by atoms with van der Waals surface area (Å²) < 4.78 is 2.60. The van der Waals surface area contributed by atoms with Crippen LogP contribution in [0.25, 0.3) is 21.8 Å². The lowest BCUT2D eigenvalue weighted by Gasteiger charge is -2.25. The van der Waals surface area contributed by atoms with E-state index in [1.54, 1.807) is 0 Å². The standard InChI is InChI=1S/C18H19N/c1-2-8-14(9-3-1)19-17-12-6-4-10-15(17)16-11-5-7-13-18(16)19/h4-7,10-14H,1-3,8-9H2. The van der Waals surface area contributed by atoms with E-state index in [2.05, 4.69) is 53.1 Å². The van der Waals surface area contributed by atoms with Crippen LogP contribution in [0.3, 0.4) is 0 Å². The van der Waals surface area contributed by atoms with E-state index in [1.807, 2.05) is 0 Å². The average Bonchev–Trinajstić information content (AvgIpc) is 2.83. The van der Waals surface area contributed by atoms with E-state index < -0.39 is 0 Å². The predicted molar refractivity (Wildman–Crippen MR) is 81.6 cm³/mol. The zero-order valence-electron chi connectivity index (χ0n) is 11.2. The Morgan fingerprint density at radius 3 is 1.79 bits per heavy atom. The Hall–Kier alpha value is -1.76. The maximum atomic E-state index is 2.60. The van der Waals surface area contributed by atoms with Gasteiger partial charge in [0.05, 0.1) is 0 Å². The van der Waals surface area contributed by atoms with Gasteiger partial charge in [-0.3, -0.25) is 0 Å². The van der Waals surface area contributed by atoms with Crippen LogP contribution in [0.15, 0.2) is 48.5 Å². The van der Waals surface area contributed by atoms with Gasteiger partial charge in [0, 0.05) is 27.8 Å². The molecule has 0 aliphatic heterocycles. The summed E-state index contributed by atoms with van der Waals surface area (Å²) in [6.07, 6.45) is 6.84. The molecular formula is C18H19N. The van der Waals surface area contributed by atoms with Crippen LogP contribution in [0.4, 0.5) is 0 Å². The first-order valence-corrected chi connectivity index (χ1v) is 7.43. The molecule has 3 aromatic rings. The van der Waals surface area contributed by atoms with Gasteiger partial charge in [-0.2, -0.15) is 0 Å². The molecule has 0 atom stereocenters. The number of fused-ring (bicyclic) bond motifs is 3. The fraction of sp³-hybridized carbons (Fsp3) is 0.333. The smallest absolute Gasteiger partial charge is 0.0493 e. The van der Waals surface area contributed by atoms with Crippen LogP contribution in [0.1, 0.15) is 38.1 Å². The summed E-state index contributed by atoms with van der Waals surface area (Å²) in [5.74, 6) is 0. The number of nitrogens with zero attached hydrogens (tertiary/aromatic N) is 1. The van der Waals surface area contributed by atoms with Crippen LogP contribution in [0.5, 0.6) is 0 Å². The molecule has 96 valence electrons. The van der Waals surface area contributed by atoms with E-state index in [-0.39, 0.29) is 0 Å². The molecule has 1 heterocycles. The Morgan fingerprint density at radius 1 is 0.684 bits per heavy atom. The van der Waals surface area contributed by atoms with E-state index in [9.17, 15) is 0 Å². The van der Waals surface area contributed by atoms with E-state index in [4.69, 9.17) is 0 Å². The molecule has 1 aliphatic rings. The first-order chi connectivity index (χ1) is 9.45. The zero-order valence-corrected chi connectivity index (χ0v) is 11.2. The monoisotopic (exact) mass is 249 g/mol. The molecule has 1 nitrogen and oxygen atoms in total. The Bertz CT molecular complexity index is 663. The second-order valence-electron chi connectivity index (χ2n) is 5.70. The van der Waals surface area contributed by atoms with Crippen LogP contribution in [0, 0.1) is 0 Å². The van der Waals surface area contributed by atoms with Crippen molar-refractivity contribution < 1.29 is 0 Å². The topological polar surface area (TPSA) is 4.93 Å². The molecule has 0 unspecified atom stereocenters. The number of aromatic nitrogens is 1. The van der Waals surface area contributed by atoms with Crippen molar-refractivity contribution in [1.29, 1.82) is 0 Å². The Labute approximate surface area is 113 Å².